The maximum Gasteiger partial charge on any atom is 0.123 e. The maximum absolute atomic E-state index is 9.89. The average Bonchev–Trinajstić information content (AvgIpc) is 2.28. The fourth-order valence-corrected chi connectivity index (χ4v) is 2.82. The number of nitrogens with two attached hydrogens (primary N) is 1. The van der Waals surface area contributed by atoms with Gasteiger partial charge in [0.15, 0.2) is 0 Å². The summed E-state index contributed by atoms with van der Waals surface area (Å²) in [6, 6.07) is 2.81. The second-order valence-electron chi connectivity index (χ2n) is 4.30. The first-order valence-electron chi connectivity index (χ1n) is 5.61. The topological polar surface area (TPSA) is 55.5 Å². The summed E-state index contributed by atoms with van der Waals surface area (Å²) in [4.78, 5) is 0. The molecule has 1 heterocycles. The molecule has 0 aliphatic carbocycles. The molecule has 0 aromatic heterocycles. The lowest BCUT2D eigenvalue weighted by atomic mass is 9.87. The SMILES string of the molecule is Cl.N[C@H](c1c(O)cc(Cl)cc1Cl)C1CCOCC1. The maximum atomic E-state index is 9.89. The van der Waals surface area contributed by atoms with Gasteiger partial charge in [0.1, 0.15) is 5.75 Å². The van der Waals surface area contributed by atoms with E-state index in [2.05, 4.69) is 0 Å². The van der Waals surface area contributed by atoms with E-state index in [1.807, 2.05) is 0 Å². The van der Waals surface area contributed by atoms with E-state index in [1.54, 1.807) is 6.07 Å². The van der Waals surface area contributed by atoms with Crippen molar-refractivity contribution in [3.63, 3.8) is 0 Å². The molecule has 6 heteroatoms. The minimum absolute atomic E-state index is 0. The highest BCUT2D eigenvalue weighted by molar-refractivity contribution is 6.35. The smallest absolute Gasteiger partial charge is 0.123 e. The molecule has 0 bridgehead atoms. The lowest BCUT2D eigenvalue weighted by Crippen LogP contribution is -2.27. The summed E-state index contributed by atoms with van der Waals surface area (Å²) in [6.45, 7) is 1.43. The molecule has 0 radical (unpaired) electrons. The normalized spacial score (nSPS) is 18.2. The molecule has 1 aliphatic rings. The molecular formula is C12H16Cl3NO2. The van der Waals surface area contributed by atoms with Crippen LogP contribution in [0, 0.1) is 5.92 Å². The zero-order valence-electron chi connectivity index (χ0n) is 9.73. The molecule has 1 aromatic carbocycles. The van der Waals surface area contributed by atoms with Crippen molar-refractivity contribution in [2.75, 3.05) is 13.2 Å². The van der Waals surface area contributed by atoms with Gasteiger partial charge in [0.25, 0.3) is 0 Å². The number of ether oxygens (including phenoxy) is 1. The standard InChI is InChI=1S/C12H15Cl2NO2.ClH/c13-8-5-9(14)11(10(16)6-8)12(15)7-1-3-17-4-2-7;/h5-7,12,16H,1-4,15H2;1H/t12-;/m0./s1. The second kappa shape index (κ2) is 6.83. The molecule has 3 N–H and O–H groups in total. The van der Waals surface area contributed by atoms with Gasteiger partial charge in [-0.15, -0.1) is 12.4 Å². The highest BCUT2D eigenvalue weighted by atomic mass is 35.5. The van der Waals surface area contributed by atoms with Crippen molar-refractivity contribution in [3.05, 3.63) is 27.7 Å². The number of hydrogen-bond donors (Lipinski definition) is 2. The Balaban J connectivity index is 0.00000162. The van der Waals surface area contributed by atoms with Gasteiger partial charge < -0.3 is 15.6 Å². The van der Waals surface area contributed by atoms with E-state index >= 15 is 0 Å². The van der Waals surface area contributed by atoms with Crippen LogP contribution in [-0.4, -0.2) is 18.3 Å². The number of hydrogen-bond acceptors (Lipinski definition) is 3. The van der Waals surface area contributed by atoms with Crippen LogP contribution in [-0.2, 0) is 4.74 Å². The minimum Gasteiger partial charge on any atom is -0.508 e. The molecule has 1 saturated heterocycles. The predicted octanol–water partition coefficient (Wildman–Crippen LogP) is 3.55. The molecule has 1 aliphatic heterocycles. The van der Waals surface area contributed by atoms with Gasteiger partial charge in [-0.2, -0.15) is 0 Å². The molecule has 1 atom stereocenters. The van der Waals surface area contributed by atoms with Crippen LogP contribution in [0.25, 0.3) is 0 Å². The van der Waals surface area contributed by atoms with E-state index in [4.69, 9.17) is 33.7 Å². The second-order valence-corrected chi connectivity index (χ2v) is 5.14. The quantitative estimate of drug-likeness (QED) is 0.878. The summed E-state index contributed by atoms with van der Waals surface area (Å²) >= 11 is 11.9. The number of halogens is 3. The van der Waals surface area contributed by atoms with Gasteiger partial charge in [-0.3, -0.25) is 0 Å². The van der Waals surface area contributed by atoms with Crippen molar-refractivity contribution >= 4 is 35.6 Å². The molecule has 0 amide bonds. The highest BCUT2D eigenvalue weighted by Crippen LogP contribution is 2.38. The van der Waals surface area contributed by atoms with Gasteiger partial charge in [0.05, 0.1) is 5.02 Å². The molecular weight excluding hydrogens is 296 g/mol. The van der Waals surface area contributed by atoms with E-state index in [1.165, 1.54) is 6.07 Å². The number of aromatic hydroxyl groups is 1. The van der Waals surface area contributed by atoms with Crippen molar-refractivity contribution < 1.29 is 9.84 Å². The first-order chi connectivity index (χ1) is 8.09. The minimum atomic E-state index is -0.274. The van der Waals surface area contributed by atoms with Crippen LogP contribution in [0.15, 0.2) is 12.1 Å². The number of rotatable bonds is 2. The lowest BCUT2D eigenvalue weighted by molar-refractivity contribution is 0.0581. The van der Waals surface area contributed by atoms with Gasteiger partial charge in [-0.05, 0) is 30.9 Å². The summed E-state index contributed by atoms with van der Waals surface area (Å²) in [6.07, 6.45) is 1.78. The van der Waals surface area contributed by atoms with E-state index in [9.17, 15) is 5.11 Å². The third-order valence-electron chi connectivity index (χ3n) is 3.18. The van der Waals surface area contributed by atoms with Crippen molar-refractivity contribution in [2.45, 2.75) is 18.9 Å². The van der Waals surface area contributed by atoms with Crippen molar-refractivity contribution in [2.24, 2.45) is 11.7 Å². The Labute approximate surface area is 123 Å². The molecule has 1 fully saturated rings. The molecule has 2 rings (SSSR count). The molecule has 18 heavy (non-hydrogen) atoms. The van der Waals surface area contributed by atoms with E-state index in [-0.39, 0.29) is 30.1 Å². The van der Waals surface area contributed by atoms with Gasteiger partial charge in [-0.25, -0.2) is 0 Å². The zero-order chi connectivity index (χ0) is 12.4. The zero-order valence-corrected chi connectivity index (χ0v) is 12.1. The van der Waals surface area contributed by atoms with Crippen molar-refractivity contribution in [1.29, 1.82) is 0 Å². The summed E-state index contributed by atoms with van der Waals surface area (Å²) in [7, 11) is 0. The van der Waals surface area contributed by atoms with E-state index in [0.29, 0.717) is 28.8 Å². The third kappa shape index (κ3) is 3.43. The molecule has 102 valence electrons. The van der Waals surface area contributed by atoms with Crippen LogP contribution < -0.4 is 5.73 Å². The lowest BCUT2D eigenvalue weighted by Gasteiger charge is -2.28. The highest BCUT2D eigenvalue weighted by Gasteiger charge is 2.26. The van der Waals surface area contributed by atoms with Crippen molar-refractivity contribution in [3.8, 4) is 5.75 Å². The molecule has 0 unspecified atom stereocenters. The van der Waals surface area contributed by atoms with Gasteiger partial charge >= 0.3 is 0 Å². The average molecular weight is 313 g/mol. The summed E-state index contributed by atoms with van der Waals surface area (Å²) in [5.74, 6) is 0.356. The van der Waals surface area contributed by atoms with E-state index < -0.39 is 0 Å². The number of benzene rings is 1. The van der Waals surface area contributed by atoms with Gasteiger partial charge in [-0.1, -0.05) is 23.2 Å². The Hall–Kier alpha value is -0.190. The fraction of sp³-hybridized carbons (Fsp3) is 0.500. The number of phenols is 1. The van der Waals surface area contributed by atoms with Crippen molar-refractivity contribution in [1.82, 2.24) is 0 Å². The van der Waals surface area contributed by atoms with Crippen LogP contribution in [0.5, 0.6) is 5.75 Å². The van der Waals surface area contributed by atoms with Crippen LogP contribution in [0.2, 0.25) is 10.0 Å². The van der Waals surface area contributed by atoms with Gasteiger partial charge in [0, 0.05) is 29.8 Å². The summed E-state index contributed by atoms with van der Waals surface area (Å²) in [5, 5.41) is 10.7. The molecule has 0 saturated carbocycles. The fourth-order valence-electron chi connectivity index (χ4n) is 2.21. The Morgan fingerprint density at radius 1 is 1.28 bits per heavy atom. The van der Waals surface area contributed by atoms with E-state index in [0.717, 1.165) is 12.8 Å². The first-order valence-corrected chi connectivity index (χ1v) is 6.36. The Morgan fingerprint density at radius 3 is 2.44 bits per heavy atom. The van der Waals surface area contributed by atoms with Crippen LogP contribution >= 0.6 is 35.6 Å². The summed E-state index contributed by atoms with van der Waals surface area (Å²) < 4.78 is 5.29. The van der Waals surface area contributed by atoms with Gasteiger partial charge in [0.2, 0.25) is 0 Å². The summed E-state index contributed by atoms with van der Waals surface area (Å²) in [5.41, 5.74) is 6.76. The Kier molecular flexibility index (Phi) is 6.02. The molecule has 0 spiro atoms. The number of phenolic OH excluding ortho intramolecular Hbond substituents is 1. The Bertz CT molecular complexity index is 385. The van der Waals surface area contributed by atoms with Crippen LogP contribution in [0.3, 0.4) is 0 Å². The molecule has 1 aromatic rings. The van der Waals surface area contributed by atoms with Crippen LogP contribution in [0.1, 0.15) is 24.4 Å². The monoisotopic (exact) mass is 311 g/mol. The first kappa shape index (κ1) is 15.9. The van der Waals surface area contributed by atoms with Crippen LogP contribution in [0.4, 0.5) is 0 Å². The Morgan fingerprint density at radius 2 is 1.89 bits per heavy atom. The third-order valence-corrected chi connectivity index (χ3v) is 3.71. The molecule has 3 nitrogen and oxygen atoms in total. The largest absolute Gasteiger partial charge is 0.508 e. The predicted molar refractivity (Wildman–Crippen MR) is 75.8 cm³/mol.